The normalized spacial score (nSPS) is 23.6. The number of aromatic nitrogens is 2. The third-order valence-electron chi connectivity index (χ3n) is 8.21. The highest BCUT2D eigenvalue weighted by molar-refractivity contribution is 5.92. The summed E-state index contributed by atoms with van der Waals surface area (Å²) in [5.74, 6) is -1.74. The molecule has 3 amide bonds. The highest BCUT2D eigenvalue weighted by atomic mass is 16.5. The van der Waals surface area contributed by atoms with E-state index >= 15 is 0 Å². The number of fused-ring (bicyclic) bond motifs is 4. The lowest BCUT2D eigenvalue weighted by molar-refractivity contribution is -0.165. The van der Waals surface area contributed by atoms with Gasteiger partial charge in [0.25, 0.3) is 17.7 Å². The van der Waals surface area contributed by atoms with Crippen LogP contribution in [0.15, 0.2) is 60.9 Å². The maximum absolute atomic E-state index is 14.0. The first kappa shape index (κ1) is 32.6. The van der Waals surface area contributed by atoms with Gasteiger partial charge in [0.1, 0.15) is 17.9 Å². The third-order valence-corrected chi connectivity index (χ3v) is 8.21. The van der Waals surface area contributed by atoms with Crippen molar-refractivity contribution in [3.8, 4) is 0 Å². The monoisotopic (exact) mass is 627 g/mol. The number of hydrogen-bond acceptors (Lipinski definition) is 9. The summed E-state index contributed by atoms with van der Waals surface area (Å²) >= 11 is 0. The lowest BCUT2D eigenvalue weighted by Gasteiger charge is -2.36. The molecule has 3 atom stereocenters. The Labute approximate surface area is 268 Å². The number of hydrogen-bond donors (Lipinski definition) is 3. The number of carbonyl (C=O) groups excluding carboxylic acids is 4. The zero-order valence-electron chi connectivity index (χ0n) is 26.8. The molecule has 46 heavy (non-hydrogen) atoms. The lowest BCUT2D eigenvalue weighted by Crippen LogP contribution is -2.63. The highest BCUT2D eigenvalue weighted by Gasteiger charge is 2.37. The molecule has 5 bridgehead atoms. The van der Waals surface area contributed by atoms with Gasteiger partial charge < -0.3 is 10.1 Å². The van der Waals surface area contributed by atoms with E-state index in [1.807, 2.05) is 36.4 Å². The summed E-state index contributed by atoms with van der Waals surface area (Å²) in [4.78, 5) is 63.3. The average Bonchev–Trinajstić information content (AvgIpc) is 3.05. The van der Waals surface area contributed by atoms with E-state index in [1.165, 1.54) is 5.01 Å². The Hall–Kier alpha value is -4.84. The van der Waals surface area contributed by atoms with E-state index in [1.54, 1.807) is 70.4 Å². The minimum Gasteiger partial charge on any atom is -0.451 e. The summed E-state index contributed by atoms with van der Waals surface area (Å²) in [5.41, 5.74) is 7.18. The fraction of sp³-hybridized carbons (Fsp3) is 0.412. The number of benzene rings is 1. The number of carbonyl (C=O) groups is 4. The summed E-state index contributed by atoms with van der Waals surface area (Å²) in [7, 11) is 1.70. The van der Waals surface area contributed by atoms with Crippen molar-refractivity contribution in [2.75, 3.05) is 18.6 Å². The van der Waals surface area contributed by atoms with Crippen LogP contribution in [0, 0.1) is 11.3 Å². The van der Waals surface area contributed by atoms with E-state index in [0.717, 1.165) is 16.5 Å². The van der Waals surface area contributed by atoms with Crippen LogP contribution in [0.3, 0.4) is 0 Å². The first-order valence-electron chi connectivity index (χ1n) is 15.5. The van der Waals surface area contributed by atoms with Crippen LogP contribution in [0.25, 0.3) is 17.0 Å². The van der Waals surface area contributed by atoms with Gasteiger partial charge in [-0.25, -0.2) is 10.4 Å². The van der Waals surface area contributed by atoms with Crippen LogP contribution in [-0.4, -0.2) is 70.4 Å². The predicted molar refractivity (Wildman–Crippen MR) is 174 cm³/mol. The Morgan fingerprint density at radius 3 is 2.50 bits per heavy atom. The lowest BCUT2D eigenvalue weighted by atomic mass is 9.92. The molecule has 0 saturated carbocycles. The van der Waals surface area contributed by atoms with Crippen molar-refractivity contribution >= 4 is 46.5 Å². The number of nitrogens with zero attached hydrogens (tertiary/aromatic N) is 4. The standard InChI is InChI=1S/C34H41N7O5/c1-21(2)29-31(43)37-27(20-23-13-16-35-17-14-23)32(44)41-18-6-7-25(38-41)30(42)39-40(5)28-11-10-24-9-8-22(19-26(24)36-28)12-15-34(3,4)33(45)46-29/h8-17,19,21,25,27,29,38H,6-7,18,20H2,1-5H3,(H,37,43)(H,39,42)/b15-12+/t25-,27-,29-/m0/s1. The maximum atomic E-state index is 14.0. The summed E-state index contributed by atoms with van der Waals surface area (Å²) in [6.45, 7) is 7.35. The zero-order valence-corrected chi connectivity index (χ0v) is 26.8. The van der Waals surface area contributed by atoms with Gasteiger partial charge >= 0.3 is 5.97 Å². The van der Waals surface area contributed by atoms with Crippen molar-refractivity contribution in [1.82, 2.24) is 31.1 Å². The number of cyclic esters (lactones) is 1. The fourth-order valence-electron chi connectivity index (χ4n) is 5.38. The second-order valence-electron chi connectivity index (χ2n) is 12.7. The number of esters is 1. The molecule has 3 aromatic rings. The molecule has 0 spiro atoms. The smallest absolute Gasteiger partial charge is 0.316 e. The fourth-order valence-corrected chi connectivity index (χ4v) is 5.38. The second kappa shape index (κ2) is 13.7. The molecule has 0 radical (unpaired) electrons. The van der Waals surface area contributed by atoms with Crippen LogP contribution in [0.5, 0.6) is 0 Å². The molecule has 2 aromatic heterocycles. The molecule has 12 nitrogen and oxygen atoms in total. The van der Waals surface area contributed by atoms with E-state index in [4.69, 9.17) is 9.72 Å². The largest absolute Gasteiger partial charge is 0.451 e. The summed E-state index contributed by atoms with van der Waals surface area (Å²) < 4.78 is 5.83. The third kappa shape index (κ3) is 7.51. The van der Waals surface area contributed by atoms with Gasteiger partial charge in [-0.05, 0) is 74.1 Å². The Bertz CT molecular complexity index is 1640. The number of hydrazine groups is 2. The van der Waals surface area contributed by atoms with Gasteiger partial charge in [-0.1, -0.05) is 38.1 Å². The highest BCUT2D eigenvalue weighted by Crippen LogP contribution is 2.25. The number of pyridine rings is 2. The maximum Gasteiger partial charge on any atom is 0.316 e. The van der Waals surface area contributed by atoms with Crippen molar-refractivity contribution in [3.05, 3.63) is 72.1 Å². The zero-order chi connectivity index (χ0) is 33.0. The molecule has 1 saturated heterocycles. The van der Waals surface area contributed by atoms with Crippen LogP contribution in [-0.2, 0) is 30.3 Å². The minimum absolute atomic E-state index is 0.171. The van der Waals surface area contributed by atoms with Crippen LogP contribution in [0.2, 0.25) is 0 Å². The summed E-state index contributed by atoms with van der Waals surface area (Å²) in [5, 5.41) is 6.70. The van der Waals surface area contributed by atoms with Crippen LogP contribution < -0.4 is 21.2 Å². The van der Waals surface area contributed by atoms with Gasteiger partial charge in [-0.15, -0.1) is 0 Å². The molecule has 0 unspecified atom stereocenters. The van der Waals surface area contributed by atoms with Crippen LogP contribution >= 0.6 is 0 Å². The van der Waals surface area contributed by atoms with Gasteiger partial charge in [0.15, 0.2) is 6.10 Å². The molecular formula is C34H41N7O5. The van der Waals surface area contributed by atoms with Crippen molar-refractivity contribution in [3.63, 3.8) is 0 Å². The molecule has 3 N–H and O–H groups in total. The SMILES string of the molecule is CC(C)[C@@H]1OC(=O)C(C)(C)/C=C/c2ccc3ccc(nc3c2)N(C)NC(=O)[C@@H]2CCCN(N2)C(=O)[C@H](Cc2ccncc2)NC1=O. The van der Waals surface area contributed by atoms with Gasteiger partial charge in [0.05, 0.1) is 10.9 Å². The predicted octanol–water partition coefficient (Wildman–Crippen LogP) is 2.94. The Morgan fingerprint density at radius 1 is 1.02 bits per heavy atom. The van der Waals surface area contributed by atoms with Crippen molar-refractivity contribution in [2.24, 2.45) is 11.3 Å². The molecule has 242 valence electrons. The summed E-state index contributed by atoms with van der Waals surface area (Å²) in [6.07, 6.45) is 6.88. The first-order chi connectivity index (χ1) is 21.9. The molecule has 0 aliphatic carbocycles. The molecule has 2 aliphatic rings. The summed E-state index contributed by atoms with van der Waals surface area (Å²) in [6, 6.07) is 11.3. The quantitative estimate of drug-likeness (QED) is 0.373. The van der Waals surface area contributed by atoms with Gasteiger partial charge in [0, 0.05) is 37.8 Å². The molecule has 12 heteroatoms. The molecule has 4 heterocycles. The number of anilines is 1. The molecule has 1 fully saturated rings. The number of rotatable bonds is 3. The van der Waals surface area contributed by atoms with Crippen LogP contribution in [0.4, 0.5) is 5.82 Å². The van der Waals surface area contributed by atoms with Crippen molar-refractivity contribution in [1.29, 1.82) is 0 Å². The first-order valence-corrected chi connectivity index (χ1v) is 15.5. The van der Waals surface area contributed by atoms with E-state index in [9.17, 15) is 19.2 Å². The van der Waals surface area contributed by atoms with E-state index in [-0.39, 0.29) is 18.2 Å². The number of amides is 3. The minimum atomic E-state index is -1.14. The Kier molecular flexibility index (Phi) is 9.66. The van der Waals surface area contributed by atoms with Crippen molar-refractivity contribution < 1.29 is 23.9 Å². The molecule has 2 aliphatic heterocycles. The van der Waals surface area contributed by atoms with E-state index in [2.05, 4.69) is 21.2 Å². The number of ether oxygens (including phenoxy) is 1. The topological polar surface area (TPSA) is 146 Å². The van der Waals surface area contributed by atoms with Crippen molar-refractivity contribution in [2.45, 2.75) is 65.1 Å². The van der Waals surface area contributed by atoms with E-state index in [0.29, 0.717) is 30.7 Å². The molecular weight excluding hydrogens is 586 g/mol. The Morgan fingerprint density at radius 2 is 1.76 bits per heavy atom. The average molecular weight is 628 g/mol. The number of nitrogens with one attached hydrogen (secondary N) is 3. The second-order valence-corrected chi connectivity index (χ2v) is 12.7. The molecule has 5 rings (SSSR count). The Balaban J connectivity index is 1.52. The van der Waals surface area contributed by atoms with Crippen LogP contribution in [0.1, 0.15) is 51.7 Å². The van der Waals surface area contributed by atoms with Gasteiger partial charge in [-0.2, -0.15) is 0 Å². The van der Waals surface area contributed by atoms with Gasteiger partial charge in [0.2, 0.25) is 0 Å². The molecule has 1 aromatic carbocycles. The van der Waals surface area contributed by atoms with Gasteiger partial charge in [-0.3, -0.25) is 39.6 Å². The van der Waals surface area contributed by atoms with E-state index < -0.39 is 41.4 Å².